The molecule has 0 fully saturated rings. The molecule has 130 valence electrons. The first-order valence-electron chi connectivity index (χ1n) is 7.79. The maximum atomic E-state index is 12.2. The fraction of sp³-hybridized carbons (Fsp3) is 0.176. The molecule has 0 radical (unpaired) electrons. The SMILES string of the molecule is CCc1ccc(S(=O)(=O)NNC(=O)Cn2cnc3ccccc32)cc1. The molecule has 1 heterocycles. The Hall–Kier alpha value is -2.71. The van der Waals surface area contributed by atoms with Gasteiger partial charge in [0.05, 0.1) is 22.3 Å². The van der Waals surface area contributed by atoms with E-state index >= 15 is 0 Å². The van der Waals surface area contributed by atoms with Gasteiger partial charge in [0.15, 0.2) is 0 Å². The minimum absolute atomic E-state index is 0.0438. The lowest BCUT2D eigenvalue weighted by atomic mass is 10.2. The lowest BCUT2D eigenvalue weighted by Crippen LogP contribution is -2.43. The van der Waals surface area contributed by atoms with Gasteiger partial charge in [0, 0.05) is 0 Å². The highest BCUT2D eigenvalue weighted by atomic mass is 32.2. The van der Waals surface area contributed by atoms with Crippen molar-refractivity contribution in [1.29, 1.82) is 0 Å². The highest BCUT2D eigenvalue weighted by Crippen LogP contribution is 2.12. The number of rotatable bonds is 6. The molecule has 0 saturated carbocycles. The van der Waals surface area contributed by atoms with E-state index in [-0.39, 0.29) is 11.4 Å². The van der Waals surface area contributed by atoms with Gasteiger partial charge < -0.3 is 4.57 Å². The van der Waals surface area contributed by atoms with Crippen molar-refractivity contribution >= 4 is 27.0 Å². The Kier molecular flexibility index (Phi) is 4.82. The zero-order valence-electron chi connectivity index (χ0n) is 13.6. The summed E-state index contributed by atoms with van der Waals surface area (Å²) < 4.78 is 26.1. The number of aromatic nitrogens is 2. The van der Waals surface area contributed by atoms with Crippen LogP contribution in [-0.4, -0.2) is 23.9 Å². The molecule has 0 aliphatic heterocycles. The first-order valence-corrected chi connectivity index (χ1v) is 9.27. The quantitative estimate of drug-likeness (QED) is 0.655. The molecule has 0 bridgehead atoms. The molecule has 7 nitrogen and oxygen atoms in total. The van der Waals surface area contributed by atoms with Crippen molar-refractivity contribution in [2.24, 2.45) is 0 Å². The van der Waals surface area contributed by atoms with Gasteiger partial charge in [-0.15, -0.1) is 4.83 Å². The van der Waals surface area contributed by atoms with Crippen LogP contribution in [0.1, 0.15) is 12.5 Å². The highest BCUT2D eigenvalue weighted by Gasteiger charge is 2.15. The fourth-order valence-electron chi connectivity index (χ4n) is 2.42. The molecule has 0 aliphatic carbocycles. The standard InChI is InChI=1S/C17H18N4O3S/c1-2-13-7-9-14(10-8-13)25(23,24)20-19-17(22)11-21-12-18-15-5-3-4-6-16(15)21/h3-10,12,20H,2,11H2,1H3,(H,19,22). The number of benzene rings is 2. The van der Waals surface area contributed by atoms with Crippen molar-refractivity contribution in [3.05, 3.63) is 60.4 Å². The summed E-state index contributed by atoms with van der Waals surface area (Å²) in [5.74, 6) is -0.489. The number of hydrogen-bond acceptors (Lipinski definition) is 4. The summed E-state index contributed by atoms with van der Waals surface area (Å²) in [4.78, 5) is 18.4. The second-order valence-corrected chi connectivity index (χ2v) is 7.19. The Morgan fingerprint density at radius 2 is 1.84 bits per heavy atom. The van der Waals surface area contributed by atoms with Crippen molar-refractivity contribution in [3.63, 3.8) is 0 Å². The number of nitrogens with one attached hydrogen (secondary N) is 2. The number of imidazole rings is 1. The van der Waals surface area contributed by atoms with Gasteiger partial charge >= 0.3 is 0 Å². The number of nitrogens with zero attached hydrogens (tertiary/aromatic N) is 2. The van der Waals surface area contributed by atoms with Crippen molar-refractivity contribution in [2.45, 2.75) is 24.8 Å². The van der Waals surface area contributed by atoms with Gasteiger partial charge in [-0.05, 0) is 36.2 Å². The molecule has 2 N–H and O–H groups in total. The molecule has 0 unspecified atom stereocenters. The molecule has 0 atom stereocenters. The molecular formula is C17H18N4O3S. The number of hydrogen-bond donors (Lipinski definition) is 2. The predicted octanol–water partition coefficient (Wildman–Crippen LogP) is 1.61. The summed E-state index contributed by atoms with van der Waals surface area (Å²) >= 11 is 0. The molecular weight excluding hydrogens is 340 g/mol. The van der Waals surface area contributed by atoms with Gasteiger partial charge in [-0.25, -0.2) is 13.4 Å². The maximum Gasteiger partial charge on any atom is 0.257 e. The largest absolute Gasteiger partial charge is 0.321 e. The lowest BCUT2D eigenvalue weighted by molar-refractivity contribution is -0.122. The molecule has 1 aromatic heterocycles. The van der Waals surface area contributed by atoms with Crippen molar-refractivity contribution in [2.75, 3.05) is 0 Å². The molecule has 8 heteroatoms. The van der Waals surface area contributed by atoms with E-state index in [0.717, 1.165) is 23.0 Å². The number of fused-ring (bicyclic) bond motifs is 1. The summed E-state index contributed by atoms with van der Waals surface area (Å²) in [6, 6.07) is 13.9. The van der Waals surface area contributed by atoms with Gasteiger partial charge in [-0.2, -0.15) is 0 Å². The minimum Gasteiger partial charge on any atom is -0.321 e. The Balaban J connectivity index is 1.64. The number of aryl methyl sites for hydroxylation is 1. The third kappa shape index (κ3) is 3.86. The second kappa shape index (κ2) is 7.04. The highest BCUT2D eigenvalue weighted by molar-refractivity contribution is 7.89. The normalized spacial score (nSPS) is 11.6. The third-order valence-electron chi connectivity index (χ3n) is 3.81. The van der Waals surface area contributed by atoms with Crippen LogP contribution in [0.4, 0.5) is 0 Å². The van der Waals surface area contributed by atoms with E-state index in [1.54, 1.807) is 23.0 Å². The smallest absolute Gasteiger partial charge is 0.257 e. The van der Waals surface area contributed by atoms with Gasteiger partial charge in [-0.3, -0.25) is 10.2 Å². The third-order valence-corrected chi connectivity index (χ3v) is 5.07. The Bertz CT molecular complexity index is 994. The molecule has 0 saturated heterocycles. The van der Waals surface area contributed by atoms with Crippen LogP contribution in [0.2, 0.25) is 0 Å². The summed E-state index contributed by atoms with van der Waals surface area (Å²) in [5.41, 5.74) is 4.84. The van der Waals surface area contributed by atoms with E-state index in [1.807, 2.05) is 31.2 Å². The van der Waals surface area contributed by atoms with Crippen LogP contribution in [0, 0.1) is 0 Å². The van der Waals surface area contributed by atoms with E-state index in [1.165, 1.54) is 12.1 Å². The monoisotopic (exact) mass is 358 g/mol. The van der Waals surface area contributed by atoms with Crippen LogP contribution in [0.15, 0.2) is 59.8 Å². The first kappa shape index (κ1) is 17.1. The van der Waals surface area contributed by atoms with Gasteiger partial charge in [0.25, 0.3) is 15.9 Å². The molecule has 0 spiro atoms. The summed E-state index contributed by atoms with van der Waals surface area (Å²) in [6.45, 7) is 1.94. The number of para-hydroxylation sites is 2. The molecule has 3 aromatic rings. The number of carbonyl (C=O) groups is 1. The number of hydrazine groups is 1. The predicted molar refractivity (Wildman–Crippen MR) is 94.0 cm³/mol. The van der Waals surface area contributed by atoms with Gasteiger partial charge in [0.1, 0.15) is 6.54 Å². The van der Waals surface area contributed by atoms with E-state index in [2.05, 4.69) is 15.2 Å². The molecule has 1 amide bonds. The average Bonchev–Trinajstić information content (AvgIpc) is 3.03. The Morgan fingerprint density at radius 1 is 1.12 bits per heavy atom. The van der Waals surface area contributed by atoms with Crippen LogP contribution in [0.5, 0.6) is 0 Å². The van der Waals surface area contributed by atoms with E-state index in [0.29, 0.717) is 0 Å². The zero-order valence-corrected chi connectivity index (χ0v) is 14.5. The zero-order chi connectivity index (χ0) is 17.9. The van der Waals surface area contributed by atoms with E-state index in [4.69, 9.17) is 0 Å². The Morgan fingerprint density at radius 3 is 2.56 bits per heavy atom. The molecule has 2 aromatic carbocycles. The first-order chi connectivity index (χ1) is 12.0. The van der Waals surface area contributed by atoms with Crippen LogP contribution in [-0.2, 0) is 27.8 Å². The summed E-state index contributed by atoms with van der Waals surface area (Å²) in [5, 5.41) is 0. The summed E-state index contributed by atoms with van der Waals surface area (Å²) in [7, 11) is -3.81. The van der Waals surface area contributed by atoms with Crippen molar-refractivity contribution < 1.29 is 13.2 Å². The van der Waals surface area contributed by atoms with Gasteiger partial charge in [-0.1, -0.05) is 31.2 Å². The second-order valence-electron chi connectivity index (χ2n) is 5.51. The van der Waals surface area contributed by atoms with E-state index < -0.39 is 15.9 Å². The topological polar surface area (TPSA) is 93.1 Å². The van der Waals surface area contributed by atoms with Crippen molar-refractivity contribution in [1.82, 2.24) is 19.8 Å². The van der Waals surface area contributed by atoms with E-state index in [9.17, 15) is 13.2 Å². The minimum atomic E-state index is -3.81. The molecule has 25 heavy (non-hydrogen) atoms. The van der Waals surface area contributed by atoms with Crippen LogP contribution < -0.4 is 10.3 Å². The number of sulfonamides is 1. The lowest BCUT2D eigenvalue weighted by Gasteiger charge is -2.09. The van der Waals surface area contributed by atoms with Crippen LogP contribution >= 0.6 is 0 Å². The molecule has 0 aliphatic rings. The summed E-state index contributed by atoms with van der Waals surface area (Å²) in [6.07, 6.45) is 2.37. The Labute approximate surface area is 145 Å². The average molecular weight is 358 g/mol. The number of amides is 1. The van der Waals surface area contributed by atoms with Crippen LogP contribution in [0.25, 0.3) is 11.0 Å². The van der Waals surface area contributed by atoms with Crippen molar-refractivity contribution in [3.8, 4) is 0 Å². The fourth-order valence-corrected chi connectivity index (χ4v) is 3.28. The molecule has 3 rings (SSSR count). The maximum absolute atomic E-state index is 12.2. The number of carbonyl (C=O) groups excluding carboxylic acids is 1. The van der Waals surface area contributed by atoms with Crippen LogP contribution in [0.3, 0.4) is 0 Å². The van der Waals surface area contributed by atoms with Gasteiger partial charge in [0.2, 0.25) is 0 Å².